The van der Waals surface area contributed by atoms with Gasteiger partial charge in [-0.05, 0) is 50.3 Å². The summed E-state index contributed by atoms with van der Waals surface area (Å²) < 4.78 is 0. The monoisotopic (exact) mass is 309 g/mol. The molecule has 0 radical (unpaired) electrons. The first-order valence-corrected chi connectivity index (χ1v) is 7.61. The fraction of sp³-hybridized carbons (Fsp3) is 0.500. The molecule has 2 rings (SSSR count). The minimum atomic E-state index is -0.794. The van der Waals surface area contributed by atoms with Crippen molar-refractivity contribution >= 4 is 23.5 Å². The Labute approximate surface area is 129 Å². The highest BCUT2D eigenvalue weighted by molar-refractivity contribution is 6.30. The number of benzene rings is 1. The molecule has 3 atom stereocenters. The van der Waals surface area contributed by atoms with Gasteiger partial charge in [-0.15, -0.1) is 0 Å². The molecule has 0 aromatic heterocycles. The van der Waals surface area contributed by atoms with Crippen molar-refractivity contribution in [3.05, 3.63) is 34.9 Å². The molecular weight excluding hydrogens is 290 g/mol. The Bertz CT molecular complexity index is 532. The minimum absolute atomic E-state index is 0.000144. The third-order valence-corrected chi connectivity index (χ3v) is 4.21. The second kappa shape index (κ2) is 6.94. The Morgan fingerprint density at radius 1 is 1.38 bits per heavy atom. The van der Waals surface area contributed by atoms with Gasteiger partial charge in [0, 0.05) is 17.0 Å². The maximum atomic E-state index is 12.2. The first-order valence-electron chi connectivity index (χ1n) is 7.23. The molecule has 21 heavy (non-hydrogen) atoms. The van der Waals surface area contributed by atoms with Crippen LogP contribution in [0.15, 0.2) is 24.3 Å². The number of aliphatic carboxylic acids is 1. The summed E-state index contributed by atoms with van der Waals surface area (Å²) in [4.78, 5) is 23.1. The van der Waals surface area contributed by atoms with E-state index in [2.05, 4.69) is 5.32 Å². The van der Waals surface area contributed by atoms with Crippen LogP contribution < -0.4 is 5.32 Å². The van der Waals surface area contributed by atoms with Crippen LogP contribution in [0.4, 0.5) is 0 Å². The molecule has 0 spiro atoms. The van der Waals surface area contributed by atoms with E-state index in [9.17, 15) is 9.59 Å². The van der Waals surface area contributed by atoms with Crippen LogP contribution in [0, 0.1) is 11.8 Å². The van der Waals surface area contributed by atoms with Crippen molar-refractivity contribution < 1.29 is 14.7 Å². The van der Waals surface area contributed by atoms with Gasteiger partial charge in [0.25, 0.3) is 0 Å². The summed E-state index contributed by atoms with van der Waals surface area (Å²) in [6.45, 7) is 1.95. The average Bonchev–Trinajstić information content (AvgIpc) is 2.88. The molecule has 1 saturated carbocycles. The number of hydrogen-bond acceptors (Lipinski definition) is 2. The topological polar surface area (TPSA) is 66.4 Å². The second-order valence-electron chi connectivity index (χ2n) is 5.79. The molecule has 0 heterocycles. The average molecular weight is 310 g/mol. The molecule has 1 aliphatic carbocycles. The predicted molar refractivity (Wildman–Crippen MR) is 81.2 cm³/mol. The smallest absolute Gasteiger partial charge is 0.306 e. The third kappa shape index (κ3) is 4.46. The number of amides is 1. The van der Waals surface area contributed by atoms with Crippen LogP contribution in [0.25, 0.3) is 0 Å². The number of carbonyl (C=O) groups excluding carboxylic acids is 1. The number of carboxylic acids is 1. The largest absolute Gasteiger partial charge is 0.481 e. The van der Waals surface area contributed by atoms with Crippen LogP contribution >= 0.6 is 11.6 Å². The summed E-state index contributed by atoms with van der Waals surface area (Å²) >= 11 is 5.94. The van der Waals surface area contributed by atoms with E-state index in [1.165, 1.54) is 0 Å². The van der Waals surface area contributed by atoms with Crippen molar-refractivity contribution in [3.63, 3.8) is 0 Å². The molecule has 5 heteroatoms. The van der Waals surface area contributed by atoms with Crippen molar-refractivity contribution in [2.75, 3.05) is 0 Å². The highest BCUT2D eigenvalue weighted by Gasteiger charge is 2.34. The zero-order valence-corrected chi connectivity index (χ0v) is 12.8. The summed E-state index contributed by atoms with van der Waals surface area (Å²) in [5.74, 6) is -1.37. The standard InChI is InChI=1S/C16H20ClNO3/c1-10(7-11-3-2-4-14(17)8-11)18-15(19)12-5-6-13(9-12)16(20)21/h2-4,8,10,12-13H,5-7,9H2,1H3,(H,18,19)(H,20,21)/t10?,12-,13+/m1/s1. The van der Waals surface area contributed by atoms with E-state index in [4.69, 9.17) is 16.7 Å². The van der Waals surface area contributed by atoms with Crippen molar-refractivity contribution in [2.24, 2.45) is 11.8 Å². The molecular formula is C16H20ClNO3. The molecule has 0 aliphatic heterocycles. The fourth-order valence-electron chi connectivity index (χ4n) is 2.87. The Balaban J connectivity index is 1.84. The number of hydrogen-bond donors (Lipinski definition) is 2. The van der Waals surface area contributed by atoms with E-state index < -0.39 is 5.97 Å². The summed E-state index contributed by atoms with van der Waals surface area (Å²) in [7, 11) is 0. The van der Waals surface area contributed by atoms with Crippen LogP contribution in [0.2, 0.25) is 5.02 Å². The number of carboxylic acid groups (broad SMARTS) is 1. The van der Waals surface area contributed by atoms with Gasteiger partial charge in [0.1, 0.15) is 0 Å². The maximum absolute atomic E-state index is 12.2. The van der Waals surface area contributed by atoms with Gasteiger partial charge in [0.15, 0.2) is 0 Å². The molecule has 1 aromatic rings. The zero-order valence-electron chi connectivity index (χ0n) is 12.0. The summed E-state index contributed by atoms with van der Waals surface area (Å²) in [6.07, 6.45) is 2.41. The first-order chi connectivity index (χ1) is 9.95. The van der Waals surface area contributed by atoms with Gasteiger partial charge in [-0.25, -0.2) is 0 Å². The SMILES string of the molecule is CC(Cc1cccc(Cl)c1)NC(=O)[C@@H]1CC[C@H](C(=O)O)C1. The Kier molecular flexibility index (Phi) is 5.23. The van der Waals surface area contributed by atoms with Crippen LogP contribution in [0.1, 0.15) is 31.7 Å². The maximum Gasteiger partial charge on any atom is 0.306 e. The number of nitrogens with one attached hydrogen (secondary N) is 1. The van der Waals surface area contributed by atoms with Gasteiger partial charge >= 0.3 is 5.97 Å². The summed E-state index contributed by atoms with van der Waals surface area (Å²) in [5.41, 5.74) is 1.07. The number of halogens is 1. The summed E-state index contributed by atoms with van der Waals surface area (Å²) in [6, 6.07) is 7.57. The lowest BCUT2D eigenvalue weighted by Gasteiger charge is -2.17. The highest BCUT2D eigenvalue weighted by Crippen LogP contribution is 2.31. The molecule has 0 bridgehead atoms. The Morgan fingerprint density at radius 2 is 2.10 bits per heavy atom. The van der Waals surface area contributed by atoms with Crippen LogP contribution in [-0.2, 0) is 16.0 Å². The van der Waals surface area contributed by atoms with Crippen molar-refractivity contribution in [2.45, 2.75) is 38.6 Å². The molecule has 4 nitrogen and oxygen atoms in total. The van der Waals surface area contributed by atoms with Gasteiger partial charge in [-0.3, -0.25) is 9.59 Å². The normalized spacial score (nSPS) is 22.8. The number of rotatable bonds is 5. The molecule has 1 aliphatic rings. The van der Waals surface area contributed by atoms with E-state index in [-0.39, 0.29) is 23.8 Å². The van der Waals surface area contributed by atoms with Crippen molar-refractivity contribution in [3.8, 4) is 0 Å². The Hall–Kier alpha value is -1.55. The van der Waals surface area contributed by atoms with Crippen LogP contribution in [0.3, 0.4) is 0 Å². The molecule has 1 fully saturated rings. The van der Waals surface area contributed by atoms with Gasteiger partial charge < -0.3 is 10.4 Å². The molecule has 1 aromatic carbocycles. The zero-order chi connectivity index (χ0) is 15.4. The second-order valence-corrected chi connectivity index (χ2v) is 6.23. The van der Waals surface area contributed by atoms with Gasteiger partial charge in [-0.1, -0.05) is 23.7 Å². The molecule has 1 amide bonds. The third-order valence-electron chi connectivity index (χ3n) is 3.97. The van der Waals surface area contributed by atoms with E-state index in [0.717, 1.165) is 5.56 Å². The molecule has 2 N–H and O–H groups in total. The fourth-order valence-corrected chi connectivity index (χ4v) is 3.09. The van der Waals surface area contributed by atoms with Crippen LogP contribution in [0.5, 0.6) is 0 Å². The van der Waals surface area contributed by atoms with Gasteiger partial charge in [-0.2, -0.15) is 0 Å². The van der Waals surface area contributed by atoms with Gasteiger partial charge in [0.2, 0.25) is 5.91 Å². The molecule has 114 valence electrons. The van der Waals surface area contributed by atoms with Gasteiger partial charge in [0.05, 0.1) is 5.92 Å². The lowest BCUT2D eigenvalue weighted by Crippen LogP contribution is -2.37. The van der Waals surface area contributed by atoms with E-state index >= 15 is 0 Å². The van der Waals surface area contributed by atoms with E-state index in [1.54, 1.807) is 0 Å². The predicted octanol–water partition coefficient (Wildman–Crippen LogP) is 2.89. The van der Waals surface area contributed by atoms with E-state index in [1.807, 2.05) is 31.2 Å². The highest BCUT2D eigenvalue weighted by atomic mass is 35.5. The number of carbonyl (C=O) groups is 2. The van der Waals surface area contributed by atoms with Crippen molar-refractivity contribution in [1.82, 2.24) is 5.32 Å². The summed E-state index contributed by atoms with van der Waals surface area (Å²) in [5, 5.41) is 12.6. The quantitative estimate of drug-likeness (QED) is 0.879. The minimum Gasteiger partial charge on any atom is -0.481 e. The lowest BCUT2D eigenvalue weighted by molar-refractivity contribution is -0.141. The molecule has 1 unspecified atom stereocenters. The van der Waals surface area contributed by atoms with E-state index in [0.29, 0.717) is 30.7 Å². The molecule has 0 saturated heterocycles. The first kappa shape index (κ1) is 15.8. The van der Waals surface area contributed by atoms with Crippen LogP contribution in [-0.4, -0.2) is 23.0 Å². The van der Waals surface area contributed by atoms with Crippen molar-refractivity contribution in [1.29, 1.82) is 0 Å². The lowest BCUT2D eigenvalue weighted by atomic mass is 10.0. The Morgan fingerprint density at radius 3 is 2.71 bits per heavy atom.